The Balaban J connectivity index is 1.85. The van der Waals surface area contributed by atoms with E-state index in [1.807, 2.05) is 17.0 Å². The molecule has 3 N–H and O–H groups in total. The summed E-state index contributed by atoms with van der Waals surface area (Å²) >= 11 is 0. The average molecular weight is 248 g/mol. The zero-order valence-corrected chi connectivity index (χ0v) is 10.6. The van der Waals surface area contributed by atoms with E-state index in [4.69, 9.17) is 10.8 Å². The molecule has 1 aliphatic heterocycles. The van der Waals surface area contributed by atoms with Crippen LogP contribution < -0.4 is 5.73 Å². The van der Waals surface area contributed by atoms with Crippen LogP contribution in [-0.4, -0.2) is 29.1 Å². The molecule has 4 nitrogen and oxygen atoms in total. The van der Waals surface area contributed by atoms with E-state index in [2.05, 4.69) is 0 Å². The number of nitrogen functional groups attached to an aromatic ring is 1. The standard InChI is InChI=1S/C14H20N2O2/c15-12-6-5-11-10-16(14(18)13(11)9-12)7-3-1-2-4-8-17/h5-6,9,17H,1-4,7-8,10,15H2. The Morgan fingerprint density at radius 2 is 2.00 bits per heavy atom. The van der Waals surface area contributed by atoms with Crippen molar-refractivity contribution in [3.8, 4) is 0 Å². The Kier molecular flexibility index (Phi) is 4.20. The summed E-state index contributed by atoms with van der Waals surface area (Å²) in [7, 11) is 0. The van der Waals surface area contributed by atoms with Crippen LogP contribution >= 0.6 is 0 Å². The first-order valence-corrected chi connectivity index (χ1v) is 6.51. The van der Waals surface area contributed by atoms with Gasteiger partial charge in [0.15, 0.2) is 0 Å². The summed E-state index contributed by atoms with van der Waals surface area (Å²) < 4.78 is 0. The summed E-state index contributed by atoms with van der Waals surface area (Å²) in [6, 6.07) is 5.55. The quantitative estimate of drug-likeness (QED) is 0.595. The lowest BCUT2D eigenvalue weighted by molar-refractivity contribution is 0.0775. The first-order valence-electron chi connectivity index (χ1n) is 6.51. The van der Waals surface area contributed by atoms with Crippen molar-refractivity contribution >= 4 is 11.6 Å². The molecular formula is C14H20N2O2. The molecule has 0 saturated carbocycles. The van der Waals surface area contributed by atoms with Crippen LogP contribution in [-0.2, 0) is 6.54 Å². The molecule has 18 heavy (non-hydrogen) atoms. The van der Waals surface area contributed by atoms with Gasteiger partial charge in [-0.05, 0) is 30.5 Å². The normalized spacial score (nSPS) is 14.1. The molecule has 0 aromatic heterocycles. The molecule has 4 heteroatoms. The summed E-state index contributed by atoms with van der Waals surface area (Å²) in [6.45, 7) is 1.75. The lowest BCUT2D eigenvalue weighted by atomic mass is 10.1. The molecular weight excluding hydrogens is 228 g/mol. The second-order valence-corrected chi connectivity index (χ2v) is 4.78. The van der Waals surface area contributed by atoms with Gasteiger partial charge in [0.05, 0.1) is 0 Å². The van der Waals surface area contributed by atoms with Gasteiger partial charge in [-0.15, -0.1) is 0 Å². The van der Waals surface area contributed by atoms with E-state index in [1.54, 1.807) is 6.07 Å². The zero-order chi connectivity index (χ0) is 13.0. The maximum Gasteiger partial charge on any atom is 0.254 e. The molecule has 1 aromatic carbocycles. The third kappa shape index (κ3) is 2.82. The molecule has 1 heterocycles. The Morgan fingerprint density at radius 3 is 2.78 bits per heavy atom. The lowest BCUT2D eigenvalue weighted by Gasteiger charge is -2.15. The molecule has 0 bridgehead atoms. The Labute approximate surface area is 107 Å². The van der Waals surface area contributed by atoms with Crippen molar-refractivity contribution in [2.75, 3.05) is 18.9 Å². The molecule has 0 saturated heterocycles. The van der Waals surface area contributed by atoms with Crippen molar-refractivity contribution < 1.29 is 9.90 Å². The zero-order valence-electron chi connectivity index (χ0n) is 10.6. The fourth-order valence-electron chi connectivity index (χ4n) is 2.33. The highest BCUT2D eigenvalue weighted by atomic mass is 16.2. The maximum atomic E-state index is 12.1. The molecule has 2 rings (SSSR count). The molecule has 0 atom stereocenters. The first kappa shape index (κ1) is 12.9. The lowest BCUT2D eigenvalue weighted by Crippen LogP contribution is -2.24. The van der Waals surface area contributed by atoms with Gasteiger partial charge in [0.25, 0.3) is 5.91 Å². The predicted octanol–water partition coefficient (Wildman–Crippen LogP) is 1.78. The van der Waals surface area contributed by atoms with Gasteiger partial charge in [-0.2, -0.15) is 0 Å². The fourth-order valence-corrected chi connectivity index (χ4v) is 2.33. The largest absolute Gasteiger partial charge is 0.399 e. The number of nitrogens with two attached hydrogens (primary N) is 1. The third-order valence-electron chi connectivity index (χ3n) is 3.35. The second-order valence-electron chi connectivity index (χ2n) is 4.78. The van der Waals surface area contributed by atoms with Crippen LogP contribution in [0.5, 0.6) is 0 Å². The molecule has 0 radical (unpaired) electrons. The number of carbonyl (C=O) groups excluding carboxylic acids is 1. The minimum atomic E-state index is 0.0967. The SMILES string of the molecule is Nc1ccc2c(c1)C(=O)N(CCCCCCO)C2. The molecule has 1 aliphatic rings. The van der Waals surface area contributed by atoms with E-state index in [-0.39, 0.29) is 12.5 Å². The van der Waals surface area contributed by atoms with Crippen LogP contribution in [0.15, 0.2) is 18.2 Å². The van der Waals surface area contributed by atoms with Gasteiger partial charge in [-0.3, -0.25) is 4.79 Å². The van der Waals surface area contributed by atoms with Gasteiger partial charge in [0, 0.05) is 30.9 Å². The van der Waals surface area contributed by atoms with E-state index in [1.165, 1.54) is 0 Å². The monoisotopic (exact) mass is 248 g/mol. The number of hydrogen-bond acceptors (Lipinski definition) is 3. The molecule has 0 unspecified atom stereocenters. The number of amides is 1. The van der Waals surface area contributed by atoms with E-state index in [0.29, 0.717) is 12.2 Å². The van der Waals surface area contributed by atoms with Crippen molar-refractivity contribution in [1.29, 1.82) is 0 Å². The highest BCUT2D eigenvalue weighted by Gasteiger charge is 2.26. The number of aliphatic hydroxyl groups excluding tert-OH is 1. The second kappa shape index (κ2) is 5.87. The van der Waals surface area contributed by atoms with Crippen LogP contribution in [0, 0.1) is 0 Å². The summed E-state index contributed by atoms with van der Waals surface area (Å²) in [5.74, 6) is 0.0967. The van der Waals surface area contributed by atoms with Gasteiger partial charge in [-0.1, -0.05) is 18.9 Å². The number of rotatable bonds is 6. The summed E-state index contributed by atoms with van der Waals surface area (Å²) in [6.07, 6.45) is 3.93. The van der Waals surface area contributed by atoms with Gasteiger partial charge in [0.2, 0.25) is 0 Å². The molecule has 0 spiro atoms. The van der Waals surface area contributed by atoms with Gasteiger partial charge < -0.3 is 15.7 Å². The first-order chi connectivity index (χ1) is 8.72. The van der Waals surface area contributed by atoms with Crippen molar-refractivity contribution in [2.24, 2.45) is 0 Å². The van der Waals surface area contributed by atoms with E-state index < -0.39 is 0 Å². The van der Waals surface area contributed by atoms with Crippen molar-refractivity contribution in [1.82, 2.24) is 4.90 Å². The van der Waals surface area contributed by atoms with E-state index in [0.717, 1.165) is 43.4 Å². The Morgan fingerprint density at radius 1 is 1.22 bits per heavy atom. The van der Waals surface area contributed by atoms with Crippen molar-refractivity contribution in [3.05, 3.63) is 29.3 Å². The Hall–Kier alpha value is -1.55. The summed E-state index contributed by atoms with van der Waals surface area (Å²) in [5, 5.41) is 8.69. The number of hydrogen-bond donors (Lipinski definition) is 2. The minimum absolute atomic E-state index is 0.0967. The number of nitrogens with zero attached hydrogens (tertiary/aromatic N) is 1. The maximum absolute atomic E-state index is 12.1. The van der Waals surface area contributed by atoms with Crippen LogP contribution in [0.3, 0.4) is 0 Å². The number of carbonyl (C=O) groups is 1. The number of anilines is 1. The van der Waals surface area contributed by atoms with Crippen LogP contribution in [0.1, 0.15) is 41.6 Å². The smallest absolute Gasteiger partial charge is 0.254 e. The molecule has 1 amide bonds. The van der Waals surface area contributed by atoms with Crippen LogP contribution in [0.25, 0.3) is 0 Å². The summed E-state index contributed by atoms with van der Waals surface area (Å²) in [5.41, 5.74) is 8.17. The van der Waals surface area contributed by atoms with Gasteiger partial charge in [-0.25, -0.2) is 0 Å². The van der Waals surface area contributed by atoms with Crippen molar-refractivity contribution in [2.45, 2.75) is 32.2 Å². The fraction of sp³-hybridized carbons (Fsp3) is 0.500. The number of aliphatic hydroxyl groups is 1. The molecule has 1 aromatic rings. The van der Waals surface area contributed by atoms with Crippen LogP contribution in [0.4, 0.5) is 5.69 Å². The predicted molar refractivity (Wildman–Crippen MR) is 71.1 cm³/mol. The highest BCUT2D eigenvalue weighted by molar-refractivity contribution is 5.99. The average Bonchev–Trinajstić information content (AvgIpc) is 2.67. The number of unbranched alkanes of at least 4 members (excludes halogenated alkanes) is 3. The highest BCUT2D eigenvalue weighted by Crippen LogP contribution is 2.24. The number of benzene rings is 1. The molecule has 0 aliphatic carbocycles. The minimum Gasteiger partial charge on any atom is -0.399 e. The van der Waals surface area contributed by atoms with Gasteiger partial charge >= 0.3 is 0 Å². The van der Waals surface area contributed by atoms with Crippen LogP contribution in [0.2, 0.25) is 0 Å². The van der Waals surface area contributed by atoms with E-state index >= 15 is 0 Å². The van der Waals surface area contributed by atoms with E-state index in [9.17, 15) is 4.79 Å². The third-order valence-corrected chi connectivity index (χ3v) is 3.35. The van der Waals surface area contributed by atoms with Crippen molar-refractivity contribution in [3.63, 3.8) is 0 Å². The van der Waals surface area contributed by atoms with Gasteiger partial charge in [0.1, 0.15) is 0 Å². The summed E-state index contributed by atoms with van der Waals surface area (Å²) in [4.78, 5) is 14.0. The molecule has 98 valence electrons. The molecule has 0 fully saturated rings. The Bertz CT molecular complexity index is 432. The topological polar surface area (TPSA) is 66.6 Å². The number of fused-ring (bicyclic) bond motifs is 1.